The van der Waals surface area contributed by atoms with Crippen LogP contribution in [0.15, 0.2) is 24.3 Å². The number of hydrogen-bond donors (Lipinski definition) is 2. The Morgan fingerprint density at radius 1 is 1.05 bits per heavy atom. The molecule has 0 unspecified atom stereocenters. The first-order chi connectivity index (χ1) is 8.59. The number of rotatable bonds is 4. The molecule has 0 bridgehead atoms. The van der Waals surface area contributed by atoms with Crippen LogP contribution in [-0.4, -0.2) is 32.9 Å². The van der Waals surface area contributed by atoms with Crippen LogP contribution in [0.25, 0.3) is 0 Å². The van der Waals surface area contributed by atoms with Crippen LogP contribution in [0.2, 0.25) is 0 Å². The van der Waals surface area contributed by atoms with Gasteiger partial charge in [-0.1, -0.05) is 13.8 Å². The summed E-state index contributed by atoms with van der Waals surface area (Å²) in [5.74, 6) is 0.555. The molecule has 3 N–H and O–H groups in total. The van der Waals surface area contributed by atoms with E-state index in [4.69, 9.17) is 10.3 Å². The van der Waals surface area contributed by atoms with Crippen molar-refractivity contribution < 1.29 is 25.6 Å². The second kappa shape index (κ2) is 7.31. The fraction of sp³-hybridized carbons (Fsp3) is 0.400. The first kappa shape index (κ1) is 17.7. The molecule has 1 rings (SSSR count). The fourth-order valence-corrected chi connectivity index (χ4v) is 1.61. The zero-order valence-corrected chi connectivity index (χ0v) is 12.2. The number of sulfone groups is 1. The lowest BCUT2D eigenvalue weighted by Gasteiger charge is -2.00. The van der Waals surface area contributed by atoms with Gasteiger partial charge in [-0.15, -0.1) is 0 Å². The van der Waals surface area contributed by atoms with Crippen LogP contribution in [0.1, 0.15) is 13.8 Å². The maximum atomic E-state index is 10.4. The largest absolute Gasteiger partial charge is 0.446 e. The molecule has 0 atom stereocenters. The first-order valence-electron chi connectivity index (χ1n) is 5.32. The van der Waals surface area contributed by atoms with Crippen LogP contribution in [-0.2, 0) is 20.2 Å². The lowest BCUT2D eigenvalue weighted by Crippen LogP contribution is -2.06. The SMILES string of the molecule is CCS(=O)(=O)CC.Nc1ccc(OS(=O)(=O)O)cc1. The second-order valence-corrected chi connectivity index (χ2v) is 7.06. The minimum atomic E-state index is -4.43. The van der Waals surface area contributed by atoms with Crippen molar-refractivity contribution in [2.24, 2.45) is 0 Å². The van der Waals surface area contributed by atoms with Crippen molar-refractivity contribution in [1.29, 1.82) is 0 Å². The summed E-state index contributed by atoms with van der Waals surface area (Å²) in [7, 11) is -7.09. The van der Waals surface area contributed by atoms with Gasteiger partial charge in [-0.3, -0.25) is 4.55 Å². The molecule has 1 aromatic rings. The van der Waals surface area contributed by atoms with Gasteiger partial charge in [0.05, 0.1) is 0 Å². The van der Waals surface area contributed by atoms with Gasteiger partial charge in [0.2, 0.25) is 0 Å². The smallest absolute Gasteiger partial charge is 0.399 e. The molecule has 1 aromatic carbocycles. The van der Waals surface area contributed by atoms with E-state index in [1.54, 1.807) is 13.8 Å². The van der Waals surface area contributed by atoms with Crippen LogP contribution < -0.4 is 9.92 Å². The molecular weight excluding hydrogens is 294 g/mol. The number of nitrogen functional groups attached to an aromatic ring is 1. The van der Waals surface area contributed by atoms with Gasteiger partial charge < -0.3 is 9.92 Å². The van der Waals surface area contributed by atoms with Gasteiger partial charge in [0, 0.05) is 17.2 Å². The zero-order chi connectivity index (χ0) is 15.1. The third-order valence-corrected chi connectivity index (χ3v) is 4.12. The average molecular weight is 311 g/mol. The molecule has 0 radical (unpaired) electrons. The number of hydrogen-bond acceptors (Lipinski definition) is 6. The van der Waals surface area contributed by atoms with Crippen molar-refractivity contribution in [2.75, 3.05) is 17.2 Å². The summed E-state index contributed by atoms with van der Waals surface area (Å²) in [5.41, 5.74) is 5.81. The highest BCUT2D eigenvalue weighted by atomic mass is 32.3. The van der Waals surface area contributed by atoms with Gasteiger partial charge in [0.15, 0.2) is 0 Å². The van der Waals surface area contributed by atoms with E-state index in [0.29, 0.717) is 5.69 Å². The summed E-state index contributed by atoms with van der Waals surface area (Å²) in [6.45, 7) is 3.30. The van der Waals surface area contributed by atoms with E-state index < -0.39 is 20.2 Å². The first-order valence-corrected chi connectivity index (χ1v) is 8.51. The van der Waals surface area contributed by atoms with Crippen LogP contribution in [0.3, 0.4) is 0 Å². The monoisotopic (exact) mass is 311 g/mol. The Labute approximate surface area is 113 Å². The van der Waals surface area contributed by atoms with E-state index in [1.165, 1.54) is 24.3 Å². The van der Waals surface area contributed by atoms with E-state index in [-0.39, 0.29) is 17.3 Å². The quantitative estimate of drug-likeness (QED) is 0.625. The molecule has 7 nitrogen and oxygen atoms in total. The maximum Gasteiger partial charge on any atom is 0.446 e. The molecular formula is C10H17NO6S2. The number of benzene rings is 1. The van der Waals surface area contributed by atoms with Crippen LogP contribution >= 0.6 is 0 Å². The molecule has 110 valence electrons. The Hall–Kier alpha value is -1.32. The molecule has 0 amide bonds. The van der Waals surface area contributed by atoms with Crippen molar-refractivity contribution in [3.05, 3.63) is 24.3 Å². The maximum absolute atomic E-state index is 10.4. The summed E-state index contributed by atoms with van der Waals surface area (Å²) in [4.78, 5) is 0. The highest BCUT2D eigenvalue weighted by Crippen LogP contribution is 2.14. The molecule has 9 heteroatoms. The van der Waals surface area contributed by atoms with Gasteiger partial charge in [0.25, 0.3) is 0 Å². The lowest BCUT2D eigenvalue weighted by molar-refractivity contribution is 0.387. The van der Waals surface area contributed by atoms with E-state index in [2.05, 4.69) is 4.18 Å². The van der Waals surface area contributed by atoms with Crippen molar-refractivity contribution in [1.82, 2.24) is 0 Å². The lowest BCUT2D eigenvalue weighted by atomic mass is 10.3. The summed E-state index contributed by atoms with van der Waals surface area (Å²) in [6, 6.07) is 5.59. The Morgan fingerprint density at radius 2 is 1.47 bits per heavy atom. The molecule has 0 saturated heterocycles. The molecule has 19 heavy (non-hydrogen) atoms. The number of anilines is 1. The van der Waals surface area contributed by atoms with Gasteiger partial charge >= 0.3 is 10.4 Å². The summed E-state index contributed by atoms with van der Waals surface area (Å²) >= 11 is 0. The minimum absolute atomic E-state index is 0.0201. The average Bonchev–Trinajstić information content (AvgIpc) is 2.31. The van der Waals surface area contributed by atoms with Crippen LogP contribution in [0.4, 0.5) is 5.69 Å². The third-order valence-electron chi connectivity index (χ3n) is 1.96. The van der Waals surface area contributed by atoms with Crippen molar-refractivity contribution >= 4 is 25.9 Å². The van der Waals surface area contributed by atoms with Crippen molar-refractivity contribution in [3.8, 4) is 5.75 Å². The van der Waals surface area contributed by atoms with Crippen molar-refractivity contribution in [3.63, 3.8) is 0 Å². The van der Waals surface area contributed by atoms with Gasteiger partial charge in [-0.25, -0.2) is 8.42 Å². The predicted octanol–water partition coefficient (Wildman–Crippen LogP) is 0.891. The third kappa shape index (κ3) is 9.28. The van der Waals surface area contributed by atoms with Gasteiger partial charge in [0.1, 0.15) is 15.6 Å². The van der Waals surface area contributed by atoms with E-state index in [9.17, 15) is 16.8 Å². The Morgan fingerprint density at radius 3 is 1.74 bits per heavy atom. The molecule has 0 saturated carbocycles. The Balaban J connectivity index is 0.000000399. The summed E-state index contributed by atoms with van der Waals surface area (Å²) in [5, 5.41) is 0. The number of nitrogens with two attached hydrogens (primary N) is 1. The molecule has 0 aliphatic heterocycles. The molecule has 0 aliphatic rings. The second-order valence-electron chi connectivity index (χ2n) is 3.40. The minimum Gasteiger partial charge on any atom is -0.399 e. The predicted molar refractivity (Wildman–Crippen MR) is 73.0 cm³/mol. The Kier molecular flexibility index (Phi) is 6.81. The highest BCUT2D eigenvalue weighted by Gasteiger charge is 2.05. The van der Waals surface area contributed by atoms with E-state index in [1.807, 2.05) is 0 Å². The normalized spacial score (nSPS) is 11.3. The van der Waals surface area contributed by atoms with Crippen LogP contribution in [0, 0.1) is 0 Å². The summed E-state index contributed by atoms with van der Waals surface area (Å²) < 4.78 is 53.5. The topological polar surface area (TPSA) is 124 Å². The van der Waals surface area contributed by atoms with E-state index >= 15 is 0 Å². The van der Waals surface area contributed by atoms with E-state index in [0.717, 1.165) is 0 Å². The van der Waals surface area contributed by atoms with Gasteiger partial charge in [-0.2, -0.15) is 8.42 Å². The zero-order valence-electron chi connectivity index (χ0n) is 10.6. The molecule has 0 fully saturated rings. The molecule has 0 aliphatic carbocycles. The fourth-order valence-electron chi connectivity index (χ4n) is 0.849. The summed E-state index contributed by atoms with van der Waals surface area (Å²) in [6.07, 6.45) is 0. The van der Waals surface area contributed by atoms with Crippen molar-refractivity contribution in [2.45, 2.75) is 13.8 Å². The molecule has 0 aromatic heterocycles. The highest BCUT2D eigenvalue weighted by molar-refractivity contribution is 7.91. The molecule has 0 heterocycles. The Bertz CT molecular complexity index is 567. The van der Waals surface area contributed by atoms with Gasteiger partial charge in [-0.05, 0) is 24.3 Å². The molecule has 0 spiro atoms. The standard InChI is InChI=1S/C6H7NO4S.C4H10O2S/c7-5-1-3-6(4-2-5)11-12(8,9)10;1-3-7(5,6)4-2/h1-4H,7H2,(H,8,9,10);3-4H2,1-2H3. The van der Waals surface area contributed by atoms with Crippen LogP contribution in [0.5, 0.6) is 5.75 Å².